The molecule has 1 heterocycles. The van der Waals surface area contributed by atoms with Crippen molar-refractivity contribution in [3.8, 4) is 17.6 Å². The molecule has 0 aromatic heterocycles. The van der Waals surface area contributed by atoms with E-state index >= 15 is 0 Å². The number of methoxy groups -OCH3 is 1. The van der Waals surface area contributed by atoms with Crippen molar-refractivity contribution in [1.82, 2.24) is 9.80 Å². The van der Waals surface area contributed by atoms with Crippen molar-refractivity contribution in [1.29, 1.82) is 5.26 Å². The minimum Gasteiger partial charge on any atom is -0.491 e. The van der Waals surface area contributed by atoms with Crippen molar-refractivity contribution in [2.45, 2.75) is 19.9 Å². The molecule has 1 aliphatic rings. The highest BCUT2D eigenvalue weighted by molar-refractivity contribution is 6.32. The maximum absolute atomic E-state index is 9.67. The highest BCUT2D eigenvalue weighted by Gasteiger charge is 2.26. The van der Waals surface area contributed by atoms with Crippen LogP contribution in [0.1, 0.15) is 25.5 Å². The van der Waals surface area contributed by atoms with Gasteiger partial charge in [0.25, 0.3) is 0 Å². The van der Waals surface area contributed by atoms with Gasteiger partial charge in [-0.1, -0.05) is 18.5 Å². The lowest BCUT2D eigenvalue weighted by atomic mass is 10.0. The molecule has 0 spiro atoms. The summed E-state index contributed by atoms with van der Waals surface area (Å²) in [4.78, 5) is 4.58. The summed E-state index contributed by atoms with van der Waals surface area (Å²) in [6, 6.07) is 5.76. The van der Waals surface area contributed by atoms with Crippen LogP contribution in [0.2, 0.25) is 5.02 Å². The van der Waals surface area contributed by atoms with E-state index in [4.69, 9.17) is 21.1 Å². The minimum absolute atomic E-state index is 0.323. The molecular formula is C17H24ClN3O2. The van der Waals surface area contributed by atoms with Gasteiger partial charge < -0.3 is 14.4 Å². The second-order valence-electron chi connectivity index (χ2n) is 5.47. The average molecular weight is 338 g/mol. The maximum Gasteiger partial charge on any atom is 0.179 e. The van der Waals surface area contributed by atoms with Crippen LogP contribution < -0.4 is 9.47 Å². The highest BCUT2D eigenvalue weighted by atomic mass is 35.5. The number of hydrogen-bond acceptors (Lipinski definition) is 5. The molecule has 0 saturated carbocycles. The van der Waals surface area contributed by atoms with Gasteiger partial charge in [-0.3, -0.25) is 4.90 Å². The van der Waals surface area contributed by atoms with E-state index in [2.05, 4.69) is 22.8 Å². The molecule has 0 radical (unpaired) electrons. The Balaban J connectivity index is 2.26. The van der Waals surface area contributed by atoms with E-state index in [1.165, 1.54) is 0 Å². The molecule has 1 saturated heterocycles. The zero-order valence-corrected chi connectivity index (χ0v) is 14.8. The molecule has 1 aromatic rings. The Hall–Kier alpha value is -1.48. The minimum atomic E-state index is -0.323. The van der Waals surface area contributed by atoms with E-state index in [9.17, 15) is 5.26 Å². The van der Waals surface area contributed by atoms with Gasteiger partial charge in [-0.2, -0.15) is 5.26 Å². The molecule has 5 nitrogen and oxygen atoms in total. The number of nitrogens with zero attached hydrogens (tertiary/aromatic N) is 3. The summed E-state index contributed by atoms with van der Waals surface area (Å²) in [5.74, 6) is 1.11. The fourth-order valence-electron chi connectivity index (χ4n) is 2.91. The number of ether oxygens (including phenoxy) is 2. The summed E-state index contributed by atoms with van der Waals surface area (Å²) in [5.41, 5.74) is 0.853. The predicted molar refractivity (Wildman–Crippen MR) is 91.2 cm³/mol. The maximum atomic E-state index is 9.67. The van der Waals surface area contributed by atoms with E-state index < -0.39 is 0 Å². The Morgan fingerprint density at radius 3 is 2.48 bits per heavy atom. The van der Waals surface area contributed by atoms with Crippen LogP contribution in [0, 0.1) is 11.3 Å². The van der Waals surface area contributed by atoms with Crippen molar-refractivity contribution >= 4 is 11.6 Å². The smallest absolute Gasteiger partial charge is 0.179 e. The van der Waals surface area contributed by atoms with Crippen LogP contribution in [0.5, 0.6) is 11.5 Å². The van der Waals surface area contributed by atoms with E-state index in [0.29, 0.717) is 23.1 Å². The first kappa shape index (κ1) is 17.9. The fourth-order valence-corrected chi connectivity index (χ4v) is 3.21. The number of rotatable bonds is 6. The lowest BCUT2D eigenvalue weighted by Crippen LogP contribution is -2.47. The van der Waals surface area contributed by atoms with Crippen molar-refractivity contribution in [2.75, 3.05) is 46.4 Å². The summed E-state index contributed by atoms with van der Waals surface area (Å²) in [6.45, 7) is 9.35. The molecule has 1 fully saturated rings. The molecule has 2 rings (SSSR count). The van der Waals surface area contributed by atoms with Crippen molar-refractivity contribution in [3.63, 3.8) is 0 Å². The van der Waals surface area contributed by atoms with Gasteiger partial charge in [0, 0.05) is 26.2 Å². The molecule has 1 unspecified atom stereocenters. The van der Waals surface area contributed by atoms with Crippen LogP contribution in [-0.4, -0.2) is 56.2 Å². The van der Waals surface area contributed by atoms with Crippen molar-refractivity contribution in [2.24, 2.45) is 0 Å². The summed E-state index contributed by atoms with van der Waals surface area (Å²) < 4.78 is 10.9. The summed E-state index contributed by atoms with van der Waals surface area (Å²) in [6.07, 6.45) is 0. The molecule has 126 valence electrons. The number of halogens is 1. The van der Waals surface area contributed by atoms with E-state index in [1.54, 1.807) is 7.11 Å². The SMILES string of the molecule is CCOc1cc(C(C#N)N2CCN(CC)CC2)cc(Cl)c1OC. The highest BCUT2D eigenvalue weighted by Crippen LogP contribution is 2.39. The fraction of sp³-hybridized carbons (Fsp3) is 0.588. The van der Waals surface area contributed by atoms with Crippen LogP contribution in [0.4, 0.5) is 0 Å². The first-order chi connectivity index (χ1) is 11.1. The zero-order chi connectivity index (χ0) is 16.8. The van der Waals surface area contributed by atoms with Crippen molar-refractivity contribution < 1.29 is 9.47 Å². The Labute approximate surface area is 143 Å². The van der Waals surface area contributed by atoms with Gasteiger partial charge in [0.05, 0.1) is 24.8 Å². The number of likely N-dealkylation sites (N-methyl/N-ethyl adjacent to an activating group) is 1. The van der Waals surface area contributed by atoms with E-state index in [-0.39, 0.29) is 6.04 Å². The van der Waals surface area contributed by atoms with Gasteiger partial charge in [-0.15, -0.1) is 0 Å². The van der Waals surface area contributed by atoms with Crippen LogP contribution in [0.25, 0.3) is 0 Å². The van der Waals surface area contributed by atoms with Crippen LogP contribution in [0.3, 0.4) is 0 Å². The third-order valence-corrected chi connectivity index (χ3v) is 4.47. The lowest BCUT2D eigenvalue weighted by molar-refractivity contribution is 0.118. The molecule has 1 aliphatic heterocycles. The number of piperazine rings is 1. The third-order valence-electron chi connectivity index (χ3n) is 4.19. The molecule has 1 atom stereocenters. The largest absolute Gasteiger partial charge is 0.491 e. The third kappa shape index (κ3) is 4.08. The van der Waals surface area contributed by atoms with Gasteiger partial charge in [0.15, 0.2) is 11.5 Å². The molecule has 0 bridgehead atoms. The summed E-state index contributed by atoms with van der Waals surface area (Å²) in [7, 11) is 1.56. The van der Waals surface area contributed by atoms with E-state index in [0.717, 1.165) is 38.3 Å². The van der Waals surface area contributed by atoms with Gasteiger partial charge in [-0.05, 0) is 31.2 Å². The average Bonchev–Trinajstić information content (AvgIpc) is 2.56. The van der Waals surface area contributed by atoms with Gasteiger partial charge in [0.2, 0.25) is 0 Å². The quantitative estimate of drug-likeness (QED) is 0.798. The monoisotopic (exact) mass is 337 g/mol. The summed E-state index contributed by atoms with van der Waals surface area (Å²) >= 11 is 6.31. The summed E-state index contributed by atoms with van der Waals surface area (Å²) in [5, 5.41) is 10.1. The molecular weight excluding hydrogens is 314 g/mol. The van der Waals surface area contributed by atoms with Gasteiger partial charge in [0.1, 0.15) is 6.04 Å². The second-order valence-corrected chi connectivity index (χ2v) is 5.88. The Kier molecular flexibility index (Phi) is 6.52. The molecule has 0 aliphatic carbocycles. The van der Waals surface area contributed by atoms with E-state index in [1.807, 2.05) is 19.1 Å². The normalized spacial score (nSPS) is 17.5. The first-order valence-corrected chi connectivity index (χ1v) is 8.38. The Bertz CT molecular complexity index is 566. The number of nitriles is 1. The molecule has 6 heteroatoms. The molecule has 23 heavy (non-hydrogen) atoms. The number of hydrogen-bond donors (Lipinski definition) is 0. The van der Waals surface area contributed by atoms with Crippen LogP contribution in [0.15, 0.2) is 12.1 Å². The van der Waals surface area contributed by atoms with Crippen LogP contribution in [-0.2, 0) is 0 Å². The lowest BCUT2D eigenvalue weighted by Gasteiger charge is -2.36. The second kappa shape index (κ2) is 8.39. The van der Waals surface area contributed by atoms with Crippen molar-refractivity contribution in [3.05, 3.63) is 22.7 Å². The Morgan fingerprint density at radius 1 is 1.26 bits per heavy atom. The van der Waals surface area contributed by atoms with Gasteiger partial charge >= 0.3 is 0 Å². The predicted octanol–water partition coefficient (Wildman–Crippen LogP) is 2.95. The zero-order valence-electron chi connectivity index (χ0n) is 14.0. The standard InChI is InChI=1S/C17H24ClN3O2/c1-4-20-6-8-21(9-7-20)15(12-19)13-10-14(18)17(22-3)16(11-13)23-5-2/h10-11,15H,4-9H2,1-3H3. The Morgan fingerprint density at radius 2 is 1.96 bits per heavy atom. The van der Waals surface area contributed by atoms with Crippen LogP contribution >= 0.6 is 11.6 Å². The van der Waals surface area contributed by atoms with Gasteiger partial charge in [-0.25, -0.2) is 0 Å². The first-order valence-electron chi connectivity index (χ1n) is 8.00. The molecule has 0 amide bonds. The number of benzene rings is 1. The topological polar surface area (TPSA) is 48.7 Å². The molecule has 0 N–H and O–H groups in total. The molecule has 1 aromatic carbocycles.